The lowest BCUT2D eigenvalue weighted by molar-refractivity contribution is -0.114. The fraction of sp³-hybridized carbons (Fsp3) is 0.111. The predicted octanol–water partition coefficient (Wildman–Crippen LogP) is 3.33. The summed E-state index contributed by atoms with van der Waals surface area (Å²) in [6.45, 7) is 1.47. The molecular weight excluding hydrogens is 332 g/mol. The summed E-state index contributed by atoms with van der Waals surface area (Å²) in [6, 6.07) is 14.7. The maximum absolute atomic E-state index is 11.0. The quantitative estimate of drug-likeness (QED) is 0.627. The number of nitrogens with zero attached hydrogens (tertiary/aromatic N) is 3. The van der Waals surface area contributed by atoms with E-state index in [0.717, 1.165) is 22.8 Å². The molecule has 0 fully saturated rings. The summed E-state index contributed by atoms with van der Waals surface area (Å²) in [7, 11) is 1.62. The van der Waals surface area contributed by atoms with E-state index in [-0.39, 0.29) is 5.91 Å². The van der Waals surface area contributed by atoms with Gasteiger partial charge in [0.1, 0.15) is 5.75 Å². The number of carbonyl (C=O) groups excluding carboxylic acids is 1. The Morgan fingerprint density at radius 2 is 1.54 bits per heavy atom. The first-order valence-corrected chi connectivity index (χ1v) is 7.88. The SMILES string of the molecule is COc1ccc(Nc2nncc(Nc3ccc(NC(C)=O)cc3)n2)cc1. The number of hydrogen-bond donors (Lipinski definition) is 3. The fourth-order valence-electron chi connectivity index (χ4n) is 2.21. The van der Waals surface area contributed by atoms with E-state index in [1.165, 1.54) is 13.1 Å². The van der Waals surface area contributed by atoms with Crippen molar-refractivity contribution in [3.05, 3.63) is 54.7 Å². The first-order chi connectivity index (χ1) is 12.6. The number of rotatable bonds is 6. The number of benzene rings is 2. The van der Waals surface area contributed by atoms with Gasteiger partial charge >= 0.3 is 0 Å². The van der Waals surface area contributed by atoms with Crippen LogP contribution >= 0.6 is 0 Å². The smallest absolute Gasteiger partial charge is 0.249 e. The number of methoxy groups -OCH3 is 1. The molecule has 8 nitrogen and oxygen atoms in total. The van der Waals surface area contributed by atoms with Crippen LogP contribution in [0.3, 0.4) is 0 Å². The van der Waals surface area contributed by atoms with Crippen molar-refractivity contribution in [2.75, 3.05) is 23.1 Å². The number of carbonyl (C=O) groups is 1. The van der Waals surface area contributed by atoms with Gasteiger partial charge in [0, 0.05) is 24.0 Å². The largest absolute Gasteiger partial charge is 0.497 e. The third-order valence-corrected chi connectivity index (χ3v) is 3.38. The van der Waals surface area contributed by atoms with Crippen molar-refractivity contribution < 1.29 is 9.53 Å². The Hall–Kier alpha value is -3.68. The lowest BCUT2D eigenvalue weighted by Crippen LogP contribution is -2.05. The molecular formula is C18H18N6O2. The van der Waals surface area contributed by atoms with Crippen LogP contribution in [0, 0.1) is 0 Å². The standard InChI is InChI=1S/C18H18N6O2/c1-12(25)20-13-3-5-14(6-4-13)21-17-11-19-24-18(23-17)22-15-7-9-16(26-2)10-8-15/h3-11H,1-2H3,(H,20,25)(H2,21,22,23,24). The normalized spacial score (nSPS) is 10.1. The number of hydrogen-bond acceptors (Lipinski definition) is 7. The molecule has 0 aliphatic carbocycles. The summed E-state index contributed by atoms with van der Waals surface area (Å²) < 4.78 is 5.13. The van der Waals surface area contributed by atoms with Crippen LogP contribution in [0.15, 0.2) is 54.7 Å². The molecule has 3 rings (SSSR count). The van der Waals surface area contributed by atoms with Crippen LogP contribution in [0.2, 0.25) is 0 Å². The van der Waals surface area contributed by atoms with Gasteiger partial charge in [-0.2, -0.15) is 10.1 Å². The molecule has 0 atom stereocenters. The van der Waals surface area contributed by atoms with E-state index in [4.69, 9.17) is 4.74 Å². The lowest BCUT2D eigenvalue weighted by Gasteiger charge is -2.09. The minimum absolute atomic E-state index is 0.111. The number of nitrogens with one attached hydrogen (secondary N) is 3. The molecule has 3 N–H and O–H groups in total. The maximum atomic E-state index is 11.0. The van der Waals surface area contributed by atoms with E-state index in [0.29, 0.717) is 11.8 Å². The number of aromatic nitrogens is 3. The second-order valence-electron chi connectivity index (χ2n) is 5.40. The molecule has 0 aliphatic rings. The van der Waals surface area contributed by atoms with E-state index < -0.39 is 0 Å². The Morgan fingerprint density at radius 1 is 0.923 bits per heavy atom. The van der Waals surface area contributed by atoms with Gasteiger partial charge in [-0.05, 0) is 48.5 Å². The first-order valence-electron chi connectivity index (χ1n) is 7.88. The van der Waals surface area contributed by atoms with Crippen LogP contribution < -0.4 is 20.7 Å². The molecule has 1 amide bonds. The molecule has 1 heterocycles. The molecule has 0 unspecified atom stereocenters. The van der Waals surface area contributed by atoms with Gasteiger partial charge in [0.15, 0.2) is 5.82 Å². The van der Waals surface area contributed by atoms with Gasteiger partial charge in [0.25, 0.3) is 0 Å². The summed E-state index contributed by atoms with van der Waals surface area (Å²) >= 11 is 0. The molecule has 0 bridgehead atoms. The molecule has 8 heteroatoms. The summed E-state index contributed by atoms with van der Waals surface area (Å²) in [5.74, 6) is 1.58. The molecule has 0 spiro atoms. The van der Waals surface area contributed by atoms with Crippen molar-refractivity contribution >= 4 is 34.7 Å². The summed E-state index contributed by atoms with van der Waals surface area (Å²) in [5, 5.41) is 16.9. The molecule has 3 aromatic rings. The number of amides is 1. The zero-order chi connectivity index (χ0) is 18.4. The highest BCUT2D eigenvalue weighted by molar-refractivity contribution is 5.88. The predicted molar refractivity (Wildman–Crippen MR) is 100 cm³/mol. The van der Waals surface area contributed by atoms with Crippen molar-refractivity contribution in [2.45, 2.75) is 6.92 Å². The van der Waals surface area contributed by atoms with Gasteiger partial charge in [-0.15, -0.1) is 5.10 Å². The summed E-state index contributed by atoms with van der Waals surface area (Å²) in [5.41, 5.74) is 2.37. The van der Waals surface area contributed by atoms with Gasteiger partial charge in [0.05, 0.1) is 13.3 Å². The first kappa shape index (κ1) is 17.2. The van der Waals surface area contributed by atoms with Gasteiger partial charge in [-0.3, -0.25) is 4.79 Å². The minimum atomic E-state index is -0.111. The molecule has 0 radical (unpaired) electrons. The van der Waals surface area contributed by atoms with E-state index in [2.05, 4.69) is 31.1 Å². The highest BCUT2D eigenvalue weighted by Crippen LogP contribution is 2.20. The van der Waals surface area contributed by atoms with Crippen LogP contribution in [-0.2, 0) is 4.79 Å². The molecule has 0 aliphatic heterocycles. The Bertz CT molecular complexity index is 881. The van der Waals surface area contributed by atoms with Gasteiger partial charge in [0.2, 0.25) is 11.9 Å². The fourth-order valence-corrected chi connectivity index (χ4v) is 2.21. The zero-order valence-corrected chi connectivity index (χ0v) is 14.4. The highest BCUT2D eigenvalue weighted by Gasteiger charge is 2.03. The van der Waals surface area contributed by atoms with Crippen molar-refractivity contribution in [1.82, 2.24) is 15.2 Å². The molecule has 1 aromatic heterocycles. The van der Waals surface area contributed by atoms with E-state index >= 15 is 0 Å². The Labute approximate surface area is 150 Å². The molecule has 26 heavy (non-hydrogen) atoms. The van der Waals surface area contributed by atoms with Crippen molar-refractivity contribution in [2.24, 2.45) is 0 Å². The Morgan fingerprint density at radius 3 is 2.19 bits per heavy atom. The van der Waals surface area contributed by atoms with Crippen molar-refractivity contribution in [3.8, 4) is 5.75 Å². The molecule has 132 valence electrons. The van der Waals surface area contributed by atoms with Crippen LogP contribution in [0.5, 0.6) is 5.75 Å². The van der Waals surface area contributed by atoms with Crippen LogP contribution in [0.4, 0.5) is 28.8 Å². The Balaban J connectivity index is 1.67. The average molecular weight is 350 g/mol. The second kappa shape index (κ2) is 7.93. The molecule has 2 aromatic carbocycles. The van der Waals surface area contributed by atoms with E-state index in [1.54, 1.807) is 19.2 Å². The Kier molecular flexibility index (Phi) is 5.23. The van der Waals surface area contributed by atoms with E-state index in [1.807, 2.05) is 36.4 Å². The summed E-state index contributed by atoms with van der Waals surface area (Å²) in [6.07, 6.45) is 1.53. The van der Waals surface area contributed by atoms with Gasteiger partial charge in [-0.1, -0.05) is 0 Å². The topological polar surface area (TPSA) is 101 Å². The second-order valence-corrected chi connectivity index (χ2v) is 5.40. The van der Waals surface area contributed by atoms with Crippen molar-refractivity contribution in [3.63, 3.8) is 0 Å². The zero-order valence-electron chi connectivity index (χ0n) is 14.4. The maximum Gasteiger partial charge on any atom is 0.249 e. The molecule has 0 saturated heterocycles. The number of anilines is 5. The third kappa shape index (κ3) is 4.67. The van der Waals surface area contributed by atoms with Crippen LogP contribution in [0.25, 0.3) is 0 Å². The number of ether oxygens (including phenoxy) is 1. The lowest BCUT2D eigenvalue weighted by atomic mass is 10.3. The monoisotopic (exact) mass is 350 g/mol. The van der Waals surface area contributed by atoms with Crippen LogP contribution in [0.1, 0.15) is 6.92 Å². The van der Waals surface area contributed by atoms with Gasteiger partial charge < -0.3 is 20.7 Å². The molecule has 0 saturated carbocycles. The highest BCUT2D eigenvalue weighted by atomic mass is 16.5. The third-order valence-electron chi connectivity index (χ3n) is 3.38. The minimum Gasteiger partial charge on any atom is -0.497 e. The average Bonchev–Trinajstić information content (AvgIpc) is 2.64. The van der Waals surface area contributed by atoms with Gasteiger partial charge in [-0.25, -0.2) is 0 Å². The summed E-state index contributed by atoms with van der Waals surface area (Å²) in [4.78, 5) is 15.4. The van der Waals surface area contributed by atoms with E-state index in [9.17, 15) is 4.79 Å². The van der Waals surface area contributed by atoms with Crippen LogP contribution in [-0.4, -0.2) is 28.2 Å². The van der Waals surface area contributed by atoms with Crippen molar-refractivity contribution in [1.29, 1.82) is 0 Å².